The maximum Gasteiger partial charge on any atom is 0.362 e. The van der Waals surface area contributed by atoms with Crippen molar-refractivity contribution in [3.63, 3.8) is 0 Å². The van der Waals surface area contributed by atoms with Gasteiger partial charge in [-0.2, -0.15) is 5.48 Å². The first-order valence-corrected chi connectivity index (χ1v) is 8.22. The van der Waals surface area contributed by atoms with E-state index in [2.05, 4.69) is 25.4 Å². The Morgan fingerprint density at radius 2 is 1.78 bits per heavy atom. The normalized spacial score (nSPS) is 11.3. The largest absolute Gasteiger partial charge is 0.379 e. The van der Waals surface area contributed by atoms with Gasteiger partial charge >= 0.3 is 5.97 Å². The van der Waals surface area contributed by atoms with E-state index in [-0.39, 0.29) is 17.3 Å². The lowest BCUT2D eigenvalue weighted by atomic mass is 10.1. The number of aryl methyl sites for hydroxylation is 3. The third-order valence-corrected chi connectivity index (χ3v) is 3.86. The van der Waals surface area contributed by atoms with Gasteiger partial charge in [-0.25, -0.2) is 14.4 Å². The van der Waals surface area contributed by atoms with Crippen LogP contribution in [0, 0.1) is 20.8 Å². The van der Waals surface area contributed by atoms with E-state index in [0.717, 1.165) is 16.7 Å². The minimum absolute atomic E-state index is 0.0259. The summed E-state index contributed by atoms with van der Waals surface area (Å²) >= 11 is 0. The molecule has 3 aromatic rings. The Bertz CT molecular complexity index is 993. The first-order valence-electron chi connectivity index (χ1n) is 8.22. The molecule has 0 radical (unpaired) electrons. The molecule has 2 aromatic carbocycles. The highest BCUT2D eigenvalue weighted by atomic mass is 16.7. The highest BCUT2D eigenvalue weighted by Crippen LogP contribution is 2.21. The highest BCUT2D eigenvalue weighted by Gasteiger charge is 2.17. The zero-order valence-corrected chi connectivity index (χ0v) is 15.2. The molecule has 0 spiro atoms. The van der Waals surface area contributed by atoms with Gasteiger partial charge in [0.05, 0.1) is 11.3 Å². The minimum atomic E-state index is -0.571. The molecule has 0 bridgehead atoms. The van der Waals surface area contributed by atoms with Crippen LogP contribution in [-0.2, 0) is 4.84 Å². The molecule has 3 rings (SSSR count). The van der Waals surface area contributed by atoms with Crippen molar-refractivity contribution in [3.05, 3.63) is 70.4 Å². The van der Waals surface area contributed by atoms with Crippen molar-refractivity contribution in [1.82, 2.24) is 15.8 Å². The molecular formula is C19H19N5O3. The molecule has 0 fully saturated rings. The Labute approximate surface area is 156 Å². The molecule has 0 aliphatic carbocycles. The summed E-state index contributed by atoms with van der Waals surface area (Å²) in [4.78, 5) is 21.9. The number of aromatic nitrogens is 2. The van der Waals surface area contributed by atoms with Gasteiger partial charge in [0.2, 0.25) is 0 Å². The number of aliphatic imine (C=N–C) groups is 1. The maximum absolute atomic E-state index is 12.3. The number of nitrogen functional groups attached to an aromatic ring is 1. The molecule has 8 heteroatoms. The number of nitrogens with one attached hydrogen (secondary N) is 1. The zero-order valence-electron chi connectivity index (χ0n) is 15.2. The number of nitrogens with two attached hydrogens (primary N) is 1. The van der Waals surface area contributed by atoms with E-state index in [0.29, 0.717) is 11.3 Å². The molecule has 0 saturated heterocycles. The van der Waals surface area contributed by atoms with Gasteiger partial charge in [-0.1, -0.05) is 29.8 Å². The summed E-state index contributed by atoms with van der Waals surface area (Å²) in [7, 11) is 0. The third-order valence-electron chi connectivity index (χ3n) is 3.86. The number of hydrogen-bond acceptors (Lipinski definition) is 7. The van der Waals surface area contributed by atoms with Gasteiger partial charge < -0.3 is 10.6 Å². The monoisotopic (exact) mass is 365 g/mol. The van der Waals surface area contributed by atoms with Crippen LogP contribution in [0.2, 0.25) is 0 Å². The van der Waals surface area contributed by atoms with Crippen molar-refractivity contribution in [2.75, 3.05) is 5.73 Å². The average molecular weight is 365 g/mol. The molecule has 27 heavy (non-hydrogen) atoms. The van der Waals surface area contributed by atoms with Gasteiger partial charge in [-0.05, 0) is 60.4 Å². The van der Waals surface area contributed by atoms with Crippen LogP contribution < -0.4 is 11.2 Å². The lowest BCUT2D eigenvalue weighted by Crippen LogP contribution is -2.29. The van der Waals surface area contributed by atoms with Gasteiger partial charge in [-0.15, -0.1) is 0 Å². The van der Waals surface area contributed by atoms with Crippen LogP contribution in [0.4, 0.5) is 11.5 Å². The molecule has 138 valence electrons. The Morgan fingerprint density at radius 3 is 2.44 bits per heavy atom. The summed E-state index contributed by atoms with van der Waals surface area (Å²) in [5.74, 6) is -0.431. The molecule has 0 saturated carbocycles. The van der Waals surface area contributed by atoms with Crippen LogP contribution in [0.15, 0.2) is 52.1 Å². The Kier molecular flexibility index (Phi) is 5.16. The molecule has 0 unspecified atom stereocenters. The van der Waals surface area contributed by atoms with Crippen molar-refractivity contribution in [2.24, 2.45) is 4.99 Å². The topological polar surface area (TPSA) is 116 Å². The number of carbonyl (C=O) groups is 1. The fourth-order valence-electron chi connectivity index (χ4n) is 2.29. The Hall–Kier alpha value is -3.68. The predicted octanol–water partition coefficient (Wildman–Crippen LogP) is 3.02. The standard InChI is InChI=1S/C19H19N5O3/c1-11-5-8-14(9-6-11)19(25)26-24-18(16-17(20)23-27-22-16)21-15-10-12(2)4-7-13(15)3/h4-10H,1-3H3,(H2,20,23)(H,21,24). The Morgan fingerprint density at radius 1 is 1.07 bits per heavy atom. The van der Waals surface area contributed by atoms with E-state index in [9.17, 15) is 4.79 Å². The molecule has 0 amide bonds. The zero-order chi connectivity index (χ0) is 19.4. The van der Waals surface area contributed by atoms with Crippen molar-refractivity contribution in [2.45, 2.75) is 20.8 Å². The predicted molar refractivity (Wildman–Crippen MR) is 101 cm³/mol. The molecule has 3 N–H and O–H groups in total. The maximum atomic E-state index is 12.3. The van der Waals surface area contributed by atoms with Crippen LogP contribution in [0.25, 0.3) is 0 Å². The van der Waals surface area contributed by atoms with Crippen molar-refractivity contribution in [1.29, 1.82) is 0 Å². The summed E-state index contributed by atoms with van der Waals surface area (Å²) in [6, 6.07) is 12.8. The second kappa shape index (κ2) is 7.69. The Balaban J connectivity index is 1.88. The lowest BCUT2D eigenvalue weighted by Gasteiger charge is -2.09. The number of hydroxylamine groups is 1. The summed E-state index contributed by atoms with van der Waals surface area (Å²) in [6.07, 6.45) is 0. The first kappa shape index (κ1) is 18.1. The summed E-state index contributed by atoms with van der Waals surface area (Å²) in [5, 5.41) is 7.28. The smallest absolute Gasteiger partial charge is 0.362 e. The van der Waals surface area contributed by atoms with Crippen molar-refractivity contribution >= 4 is 23.3 Å². The first-order chi connectivity index (χ1) is 12.9. The lowest BCUT2D eigenvalue weighted by molar-refractivity contribution is 0.0387. The van der Waals surface area contributed by atoms with Gasteiger partial charge in [0, 0.05) is 0 Å². The van der Waals surface area contributed by atoms with E-state index in [1.807, 2.05) is 51.1 Å². The van der Waals surface area contributed by atoms with Gasteiger partial charge in [-0.3, -0.25) is 0 Å². The molecular weight excluding hydrogens is 346 g/mol. The average Bonchev–Trinajstić information content (AvgIpc) is 3.07. The van der Waals surface area contributed by atoms with Crippen molar-refractivity contribution < 1.29 is 14.3 Å². The second-order valence-corrected chi connectivity index (χ2v) is 6.11. The van der Waals surface area contributed by atoms with E-state index in [1.54, 1.807) is 12.1 Å². The van der Waals surface area contributed by atoms with Crippen LogP contribution in [-0.4, -0.2) is 22.1 Å². The third kappa shape index (κ3) is 4.30. The molecule has 0 aliphatic rings. The number of hydrogen-bond donors (Lipinski definition) is 2. The van der Waals surface area contributed by atoms with E-state index in [4.69, 9.17) is 10.6 Å². The highest BCUT2D eigenvalue weighted by molar-refractivity contribution is 6.02. The number of carbonyl (C=O) groups excluding carboxylic acids is 1. The van der Waals surface area contributed by atoms with Crippen LogP contribution in [0.5, 0.6) is 0 Å². The van der Waals surface area contributed by atoms with E-state index < -0.39 is 5.97 Å². The van der Waals surface area contributed by atoms with Crippen molar-refractivity contribution in [3.8, 4) is 0 Å². The fourth-order valence-corrected chi connectivity index (χ4v) is 2.29. The van der Waals surface area contributed by atoms with E-state index in [1.165, 1.54) is 0 Å². The summed E-state index contributed by atoms with van der Waals surface area (Å²) in [6.45, 7) is 5.80. The number of benzene rings is 2. The van der Waals surface area contributed by atoms with Crippen LogP contribution in [0.1, 0.15) is 32.7 Å². The molecule has 1 heterocycles. The van der Waals surface area contributed by atoms with Crippen LogP contribution >= 0.6 is 0 Å². The van der Waals surface area contributed by atoms with E-state index >= 15 is 0 Å². The number of nitrogens with zero attached hydrogens (tertiary/aromatic N) is 3. The summed E-state index contributed by atoms with van der Waals surface area (Å²) < 4.78 is 4.64. The second-order valence-electron chi connectivity index (χ2n) is 6.11. The molecule has 0 aliphatic heterocycles. The fraction of sp³-hybridized carbons (Fsp3) is 0.158. The molecule has 0 atom stereocenters. The SMILES string of the molecule is Cc1ccc(C(=O)ONC(=Nc2cc(C)ccc2C)c2nonc2N)cc1. The number of rotatable bonds is 3. The number of anilines is 1. The quantitative estimate of drug-likeness (QED) is 0.416. The molecule has 8 nitrogen and oxygen atoms in total. The van der Waals surface area contributed by atoms with Gasteiger partial charge in [0.1, 0.15) is 0 Å². The number of amidine groups is 1. The minimum Gasteiger partial charge on any atom is -0.379 e. The summed E-state index contributed by atoms with van der Waals surface area (Å²) in [5.41, 5.74) is 12.5. The van der Waals surface area contributed by atoms with Crippen LogP contribution in [0.3, 0.4) is 0 Å². The van der Waals surface area contributed by atoms with Gasteiger partial charge in [0.25, 0.3) is 0 Å². The van der Waals surface area contributed by atoms with Gasteiger partial charge in [0.15, 0.2) is 17.3 Å². The molecule has 1 aromatic heterocycles.